The van der Waals surface area contributed by atoms with Crippen molar-refractivity contribution in [2.24, 2.45) is 0 Å². The third kappa shape index (κ3) is 11.5. The van der Waals surface area contributed by atoms with Crippen molar-refractivity contribution in [2.75, 3.05) is 7.11 Å². The molecule has 0 fully saturated rings. The van der Waals surface area contributed by atoms with Crippen LogP contribution < -0.4 is 18.9 Å². The molecule has 0 aromatic heterocycles. The number of methoxy groups -OCH3 is 1. The van der Waals surface area contributed by atoms with Gasteiger partial charge in [0, 0.05) is 32.7 Å². The number of hydrogen-bond donors (Lipinski definition) is 2. The molecule has 0 bridgehead atoms. The van der Waals surface area contributed by atoms with E-state index in [9.17, 15) is 22.6 Å². The third-order valence-electron chi connectivity index (χ3n) is 10.6. The van der Waals surface area contributed by atoms with Gasteiger partial charge in [0.25, 0.3) is 10.1 Å². The normalized spacial score (nSPS) is 11.2. The summed E-state index contributed by atoms with van der Waals surface area (Å²) in [7, 11) is -3.25. The molecule has 14 heteroatoms. The number of benzene rings is 8. The number of aryl methyl sites for hydroxylation is 1. The van der Waals surface area contributed by atoms with Crippen molar-refractivity contribution < 1.29 is 56.1 Å². The first-order valence-electron chi connectivity index (χ1n) is 20.5. The van der Waals surface area contributed by atoms with Crippen molar-refractivity contribution in [3.63, 3.8) is 0 Å². The number of hydrogen-bond acceptors (Lipinski definition) is 12. The van der Waals surface area contributed by atoms with E-state index in [4.69, 9.17) is 28.5 Å². The fraction of sp³-hybridized carbons (Fsp3) is 0.0566. The molecule has 0 saturated heterocycles. The molecule has 0 aliphatic heterocycles. The SMILES string of the molecule is COc1ccc(-c2ccc(Oc3ccc(C(=O)c4ccc(COc5ccc(-c6ccc(Oc7ccc(C(=O)c8ccc(C)cc8)cc7)cc6)cc5)c(SOOO)c4)cc3S(=O)(=O)O)cc2)cc1. The fourth-order valence-corrected chi connectivity index (χ4v) is 8.13. The number of ketones is 2. The summed E-state index contributed by atoms with van der Waals surface area (Å²) in [5.41, 5.74) is 6.65. The van der Waals surface area contributed by atoms with Crippen molar-refractivity contribution in [2.45, 2.75) is 23.3 Å². The molecule has 336 valence electrons. The first-order chi connectivity index (χ1) is 32.4. The summed E-state index contributed by atoms with van der Waals surface area (Å²) in [4.78, 5) is 26.4. The van der Waals surface area contributed by atoms with Crippen LogP contribution in [0.25, 0.3) is 22.3 Å². The topological polar surface area (TPSA) is 164 Å². The van der Waals surface area contributed by atoms with E-state index >= 15 is 0 Å². The minimum atomic E-state index is -4.84. The summed E-state index contributed by atoms with van der Waals surface area (Å²) < 4.78 is 63.1. The fourth-order valence-electron chi connectivity index (χ4n) is 6.97. The standard InChI is InChI=1S/C53H40O12S2/c1-34-3-5-39(6-4-34)52(54)40-17-28-47(29-18-40)62-46-24-13-37(14-25-46)36-11-22-45(23-12-36)61-33-43-8-7-41(31-50(43)66-65-64-56)53(55)42-19-30-49(51(32-42)67(57,58)59)63-48-26-15-38(16-27-48)35-9-20-44(60-2)21-10-35/h3-32,56H,33H2,1-2H3,(H,57,58,59). The van der Waals surface area contributed by atoms with E-state index in [0.29, 0.717) is 56.6 Å². The molecule has 0 heterocycles. The first kappa shape index (κ1) is 46.0. The van der Waals surface area contributed by atoms with Gasteiger partial charge in [-0.25, -0.2) is 5.26 Å². The summed E-state index contributed by atoms with van der Waals surface area (Å²) in [6, 6.07) is 52.3. The number of ether oxygens (including phenoxy) is 4. The van der Waals surface area contributed by atoms with Gasteiger partial charge < -0.3 is 18.9 Å². The minimum Gasteiger partial charge on any atom is -0.497 e. The van der Waals surface area contributed by atoms with Gasteiger partial charge in [-0.1, -0.05) is 95.5 Å². The second-order valence-corrected chi connectivity index (χ2v) is 17.2. The van der Waals surface area contributed by atoms with Crippen molar-refractivity contribution in [3.05, 3.63) is 215 Å². The van der Waals surface area contributed by atoms with E-state index < -0.39 is 20.8 Å². The Morgan fingerprint density at radius 1 is 0.522 bits per heavy atom. The molecule has 0 amide bonds. The van der Waals surface area contributed by atoms with E-state index in [0.717, 1.165) is 39.6 Å². The molecular formula is C53H40O12S2. The molecule has 8 aromatic carbocycles. The highest BCUT2D eigenvalue weighted by Gasteiger charge is 2.22. The Bertz CT molecular complexity index is 3120. The van der Waals surface area contributed by atoms with E-state index in [-0.39, 0.29) is 29.3 Å². The van der Waals surface area contributed by atoms with Gasteiger partial charge in [0.1, 0.15) is 46.0 Å². The maximum absolute atomic E-state index is 13.7. The molecule has 2 N–H and O–H groups in total. The lowest BCUT2D eigenvalue weighted by molar-refractivity contribution is -0.432. The zero-order valence-electron chi connectivity index (χ0n) is 35.8. The molecule has 0 spiro atoms. The van der Waals surface area contributed by atoms with Crippen LogP contribution in [-0.2, 0) is 26.1 Å². The molecule has 0 aliphatic rings. The number of carbonyl (C=O) groups is 2. The van der Waals surface area contributed by atoms with Gasteiger partial charge in [-0.2, -0.15) is 8.42 Å². The Labute approximate surface area is 390 Å². The van der Waals surface area contributed by atoms with Gasteiger partial charge in [0.15, 0.2) is 11.6 Å². The molecule has 8 rings (SSSR count). The van der Waals surface area contributed by atoms with Crippen molar-refractivity contribution in [3.8, 4) is 56.8 Å². The van der Waals surface area contributed by atoms with Crippen LogP contribution in [0.3, 0.4) is 0 Å². The maximum atomic E-state index is 13.7. The maximum Gasteiger partial charge on any atom is 0.298 e. The Morgan fingerprint density at radius 3 is 1.48 bits per heavy atom. The monoisotopic (exact) mass is 932 g/mol. The second kappa shape index (κ2) is 20.7. The van der Waals surface area contributed by atoms with Crippen LogP contribution in [0.2, 0.25) is 0 Å². The van der Waals surface area contributed by atoms with Crippen LogP contribution in [0.1, 0.15) is 43.0 Å². The third-order valence-corrected chi connectivity index (χ3v) is 12.1. The predicted octanol–water partition coefficient (Wildman–Crippen LogP) is 12.6. The van der Waals surface area contributed by atoms with Crippen LogP contribution in [-0.4, -0.2) is 36.9 Å². The Morgan fingerprint density at radius 2 is 0.955 bits per heavy atom. The second-order valence-electron chi connectivity index (χ2n) is 15.0. The van der Waals surface area contributed by atoms with E-state index in [1.165, 1.54) is 24.3 Å². The quantitative estimate of drug-likeness (QED) is 0.0275. The minimum absolute atomic E-state index is 0.0398. The lowest BCUT2D eigenvalue weighted by Crippen LogP contribution is -2.07. The largest absolute Gasteiger partial charge is 0.497 e. The van der Waals surface area contributed by atoms with Gasteiger partial charge in [0.05, 0.1) is 19.2 Å². The van der Waals surface area contributed by atoms with Gasteiger partial charge in [-0.3, -0.25) is 14.1 Å². The van der Waals surface area contributed by atoms with Gasteiger partial charge in [0.2, 0.25) is 0 Å². The van der Waals surface area contributed by atoms with E-state index in [2.05, 4.69) is 5.04 Å². The molecular weight excluding hydrogens is 893 g/mol. The number of rotatable bonds is 18. The Kier molecular flexibility index (Phi) is 14.2. The van der Waals surface area contributed by atoms with E-state index in [1.54, 1.807) is 61.7 Å². The van der Waals surface area contributed by atoms with Crippen LogP contribution in [0.15, 0.2) is 192 Å². The predicted molar refractivity (Wildman–Crippen MR) is 253 cm³/mol. The van der Waals surface area contributed by atoms with Crippen LogP contribution in [0.5, 0.6) is 34.5 Å². The number of carbonyl (C=O) groups excluding carboxylic acids is 2. The zero-order chi connectivity index (χ0) is 46.9. The van der Waals surface area contributed by atoms with Gasteiger partial charge in [-0.15, -0.1) is 4.33 Å². The van der Waals surface area contributed by atoms with Crippen LogP contribution >= 0.6 is 12.0 Å². The first-order valence-corrected chi connectivity index (χ1v) is 22.7. The zero-order valence-corrected chi connectivity index (χ0v) is 37.5. The summed E-state index contributed by atoms with van der Waals surface area (Å²) in [6.45, 7) is 2.02. The van der Waals surface area contributed by atoms with Gasteiger partial charge >= 0.3 is 0 Å². The lowest BCUT2D eigenvalue weighted by atomic mass is 10.0. The van der Waals surface area contributed by atoms with Crippen LogP contribution in [0.4, 0.5) is 0 Å². The molecule has 0 atom stereocenters. The van der Waals surface area contributed by atoms with Crippen molar-refractivity contribution >= 4 is 33.7 Å². The Balaban J connectivity index is 0.898. The molecule has 12 nitrogen and oxygen atoms in total. The van der Waals surface area contributed by atoms with Crippen molar-refractivity contribution in [1.29, 1.82) is 0 Å². The highest BCUT2D eigenvalue weighted by Crippen LogP contribution is 2.34. The smallest absolute Gasteiger partial charge is 0.298 e. The van der Waals surface area contributed by atoms with Crippen molar-refractivity contribution in [1.82, 2.24) is 0 Å². The lowest BCUT2D eigenvalue weighted by Gasteiger charge is -2.13. The van der Waals surface area contributed by atoms with Gasteiger partial charge in [-0.05, 0) is 126 Å². The van der Waals surface area contributed by atoms with E-state index in [1.807, 2.05) is 104 Å². The molecule has 0 radical (unpaired) electrons. The molecule has 0 saturated carbocycles. The summed E-state index contributed by atoms with van der Waals surface area (Å²) in [5, 5.41) is 12.7. The Hall–Kier alpha value is -7.56. The summed E-state index contributed by atoms with van der Waals surface area (Å²) in [5.74, 6) is 1.99. The molecule has 0 aliphatic carbocycles. The van der Waals surface area contributed by atoms with Crippen LogP contribution in [0, 0.1) is 6.92 Å². The average Bonchev–Trinajstić information content (AvgIpc) is 3.35. The summed E-state index contributed by atoms with van der Waals surface area (Å²) in [6.07, 6.45) is 0. The molecule has 8 aromatic rings. The molecule has 0 unspecified atom stereocenters. The highest BCUT2D eigenvalue weighted by molar-refractivity contribution is 7.94. The summed E-state index contributed by atoms with van der Waals surface area (Å²) >= 11 is 0.634. The molecule has 67 heavy (non-hydrogen) atoms. The highest BCUT2D eigenvalue weighted by atomic mass is 32.2. The average molecular weight is 933 g/mol.